The molecule has 1 heterocycles. The second-order valence-electron chi connectivity index (χ2n) is 8.22. The number of fused-ring (bicyclic) bond motifs is 2. The van der Waals surface area contributed by atoms with E-state index >= 15 is 0 Å². The first-order chi connectivity index (χ1) is 13.4. The van der Waals surface area contributed by atoms with Crippen LogP contribution in [0.3, 0.4) is 0 Å². The lowest BCUT2D eigenvalue weighted by Crippen LogP contribution is -2.11. The van der Waals surface area contributed by atoms with Gasteiger partial charge < -0.3 is 5.32 Å². The summed E-state index contributed by atoms with van der Waals surface area (Å²) in [6, 6.07) is 17.8. The summed E-state index contributed by atoms with van der Waals surface area (Å²) in [5, 5.41) is 5.14. The molecule has 0 saturated heterocycles. The average Bonchev–Trinajstić information content (AvgIpc) is 3.26. The number of nitrogens with zero attached hydrogens (tertiary/aromatic N) is 1. The number of rotatable bonds is 4. The van der Waals surface area contributed by atoms with Crippen molar-refractivity contribution in [1.82, 2.24) is 4.98 Å². The summed E-state index contributed by atoms with van der Waals surface area (Å²) in [5.41, 5.74) is 8.14. The third-order valence-corrected chi connectivity index (χ3v) is 6.42. The highest BCUT2D eigenvalue weighted by molar-refractivity contribution is 5.94. The van der Waals surface area contributed by atoms with E-state index in [1.54, 1.807) is 0 Å². The van der Waals surface area contributed by atoms with Gasteiger partial charge in [0.1, 0.15) is 0 Å². The van der Waals surface area contributed by atoms with E-state index in [1.807, 2.05) is 0 Å². The van der Waals surface area contributed by atoms with Gasteiger partial charge in [0.05, 0.1) is 5.52 Å². The maximum Gasteiger partial charge on any atom is 0.0726 e. The van der Waals surface area contributed by atoms with Gasteiger partial charge in [-0.1, -0.05) is 49.2 Å². The lowest BCUT2D eigenvalue weighted by Gasteiger charge is -2.22. The highest BCUT2D eigenvalue weighted by Crippen LogP contribution is 2.38. The third-order valence-electron chi connectivity index (χ3n) is 6.42. The van der Waals surface area contributed by atoms with Gasteiger partial charge in [-0.05, 0) is 73.3 Å². The van der Waals surface area contributed by atoms with E-state index in [0.717, 1.165) is 30.8 Å². The number of anilines is 1. The maximum absolute atomic E-state index is 5.06. The highest BCUT2D eigenvalue weighted by atomic mass is 14.9. The van der Waals surface area contributed by atoms with Crippen LogP contribution < -0.4 is 5.32 Å². The standard InChI is InChI=1S/C25H28N2/c1-2-8-18(9-3-1)17-26-25-21-12-6-7-13-23(21)27-24-15-14-20(16-22(24)25)19-10-4-5-11-19/h1-3,8-9,14-16,19H,4-7,10-13,17H2,(H,26,27). The molecular formula is C25H28N2. The Morgan fingerprint density at radius 3 is 2.56 bits per heavy atom. The minimum absolute atomic E-state index is 0.743. The molecule has 1 fully saturated rings. The molecule has 0 unspecified atom stereocenters. The van der Waals surface area contributed by atoms with Gasteiger partial charge >= 0.3 is 0 Å². The molecule has 2 aromatic carbocycles. The molecule has 138 valence electrons. The van der Waals surface area contributed by atoms with Gasteiger partial charge in [-0.25, -0.2) is 0 Å². The molecule has 0 spiro atoms. The SMILES string of the molecule is c1ccc(CNc2c3c(nc4ccc(C5CCCC5)cc24)CCCC3)cc1. The Labute approximate surface area is 162 Å². The number of aryl methyl sites for hydroxylation is 1. The van der Waals surface area contributed by atoms with Crippen LogP contribution >= 0.6 is 0 Å². The zero-order valence-corrected chi connectivity index (χ0v) is 16.0. The molecule has 5 rings (SSSR count). The van der Waals surface area contributed by atoms with Crippen LogP contribution in [0, 0.1) is 0 Å². The Balaban J connectivity index is 1.58. The van der Waals surface area contributed by atoms with Gasteiger partial charge in [0.15, 0.2) is 0 Å². The predicted molar refractivity (Wildman–Crippen MR) is 113 cm³/mol. The topological polar surface area (TPSA) is 24.9 Å². The van der Waals surface area contributed by atoms with Crippen molar-refractivity contribution in [2.24, 2.45) is 0 Å². The van der Waals surface area contributed by atoms with Crippen molar-refractivity contribution >= 4 is 16.6 Å². The molecule has 0 bridgehead atoms. The molecular weight excluding hydrogens is 328 g/mol. The van der Waals surface area contributed by atoms with Gasteiger partial charge in [-0.3, -0.25) is 4.98 Å². The maximum atomic E-state index is 5.06. The number of aromatic nitrogens is 1. The predicted octanol–water partition coefficient (Wildman–Crippen LogP) is 6.38. The van der Waals surface area contributed by atoms with E-state index in [-0.39, 0.29) is 0 Å². The Kier molecular flexibility index (Phi) is 4.57. The zero-order chi connectivity index (χ0) is 18.1. The molecule has 2 heteroatoms. The second-order valence-corrected chi connectivity index (χ2v) is 8.22. The van der Waals surface area contributed by atoms with Crippen LogP contribution in [0.4, 0.5) is 5.69 Å². The fourth-order valence-electron chi connectivity index (χ4n) is 4.94. The van der Waals surface area contributed by atoms with Crippen molar-refractivity contribution in [3.8, 4) is 0 Å². The van der Waals surface area contributed by atoms with Crippen LogP contribution in [-0.4, -0.2) is 4.98 Å². The van der Waals surface area contributed by atoms with Crippen molar-refractivity contribution < 1.29 is 0 Å². The Hall–Kier alpha value is -2.35. The minimum atomic E-state index is 0.743. The van der Waals surface area contributed by atoms with Crippen molar-refractivity contribution in [1.29, 1.82) is 0 Å². The summed E-state index contributed by atoms with van der Waals surface area (Å²) in [6.45, 7) is 0.875. The summed E-state index contributed by atoms with van der Waals surface area (Å²) in [7, 11) is 0. The molecule has 1 N–H and O–H groups in total. The monoisotopic (exact) mass is 356 g/mol. The van der Waals surface area contributed by atoms with Crippen molar-refractivity contribution in [2.75, 3.05) is 5.32 Å². The molecule has 2 aliphatic rings. The molecule has 0 radical (unpaired) electrons. The smallest absolute Gasteiger partial charge is 0.0726 e. The lowest BCUT2D eigenvalue weighted by atomic mass is 9.90. The summed E-state index contributed by atoms with van der Waals surface area (Å²) in [5.74, 6) is 0.743. The van der Waals surface area contributed by atoms with Crippen LogP contribution in [0.5, 0.6) is 0 Å². The lowest BCUT2D eigenvalue weighted by molar-refractivity contribution is 0.672. The Morgan fingerprint density at radius 1 is 0.889 bits per heavy atom. The molecule has 0 amide bonds. The molecule has 27 heavy (non-hydrogen) atoms. The first-order valence-electron chi connectivity index (χ1n) is 10.6. The van der Waals surface area contributed by atoms with Gasteiger partial charge in [0.25, 0.3) is 0 Å². The summed E-state index contributed by atoms with van der Waals surface area (Å²) < 4.78 is 0. The fraction of sp³-hybridized carbons (Fsp3) is 0.400. The quantitative estimate of drug-likeness (QED) is 0.586. The van der Waals surface area contributed by atoms with Crippen LogP contribution in [0.15, 0.2) is 48.5 Å². The zero-order valence-electron chi connectivity index (χ0n) is 16.0. The fourth-order valence-corrected chi connectivity index (χ4v) is 4.94. The average molecular weight is 357 g/mol. The number of nitrogens with one attached hydrogen (secondary N) is 1. The summed E-state index contributed by atoms with van der Waals surface area (Å²) in [6.07, 6.45) is 10.3. The molecule has 3 aromatic rings. The van der Waals surface area contributed by atoms with Crippen LogP contribution in [0.25, 0.3) is 10.9 Å². The number of hydrogen-bond donors (Lipinski definition) is 1. The van der Waals surface area contributed by atoms with Crippen LogP contribution in [0.2, 0.25) is 0 Å². The van der Waals surface area contributed by atoms with Gasteiger partial charge in [0, 0.05) is 23.3 Å². The van der Waals surface area contributed by atoms with E-state index in [2.05, 4.69) is 53.8 Å². The highest BCUT2D eigenvalue weighted by Gasteiger charge is 2.21. The Morgan fingerprint density at radius 2 is 1.70 bits per heavy atom. The van der Waals surface area contributed by atoms with Crippen molar-refractivity contribution in [3.05, 3.63) is 70.9 Å². The molecule has 2 aliphatic carbocycles. The van der Waals surface area contributed by atoms with Crippen molar-refractivity contribution in [3.63, 3.8) is 0 Å². The van der Waals surface area contributed by atoms with Gasteiger partial charge in [-0.2, -0.15) is 0 Å². The van der Waals surface area contributed by atoms with Crippen LogP contribution in [0.1, 0.15) is 66.8 Å². The molecule has 0 aliphatic heterocycles. The minimum Gasteiger partial charge on any atom is -0.380 e. The normalized spacial score (nSPS) is 17.2. The van der Waals surface area contributed by atoms with Gasteiger partial charge in [-0.15, -0.1) is 0 Å². The first-order valence-corrected chi connectivity index (χ1v) is 10.6. The van der Waals surface area contributed by atoms with E-state index in [9.17, 15) is 0 Å². The number of benzene rings is 2. The third kappa shape index (κ3) is 3.34. The molecule has 2 nitrogen and oxygen atoms in total. The van der Waals surface area contributed by atoms with E-state index in [4.69, 9.17) is 4.98 Å². The number of hydrogen-bond acceptors (Lipinski definition) is 2. The van der Waals surface area contributed by atoms with E-state index in [0.29, 0.717) is 0 Å². The Bertz CT molecular complexity index is 939. The van der Waals surface area contributed by atoms with E-state index in [1.165, 1.54) is 72.0 Å². The van der Waals surface area contributed by atoms with Crippen molar-refractivity contribution in [2.45, 2.75) is 63.8 Å². The molecule has 1 saturated carbocycles. The molecule has 1 aromatic heterocycles. The van der Waals surface area contributed by atoms with E-state index < -0.39 is 0 Å². The van der Waals surface area contributed by atoms with Gasteiger partial charge in [0.2, 0.25) is 0 Å². The number of pyridine rings is 1. The largest absolute Gasteiger partial charge is 0.380 e. The summed E-state index contributed by atoms with van der Waals surface area (Å²) in [4.78, 5) is 5.06. The molecule has 0 atom stereocenters. The second kappa shape index (κ2) is 7.34. The summed E-state index contributed by atoms with van der Waals surface area (Å²) >= 11 is 0. The van der Waals surface area contributed by atoms with Crippen LogP contribution in [-0.2, 0) is 19.4 Å². The first kappa shape index (κ1) is 16.8.